The fourth-order valence-corrected chi connectivity index (χ4v) is 2.51. The van der Waals surface area contributed by atoms with Crippen molar-refractivity contribution in [3.8, 4) is 5.75 Å². The number of carbonyl (C=O) groups excluding carboxylic acids is 3. The zero-order valence-corrected chi connectivity index (χ0v) is 13.5. The molecule has 1 aliphatic heterocycles. The number of nitrogens with one attached hydrogen (secondary N) is 1. The zero-order chi connectivity index (χ0) is 18.0. The first-order valence-corrected chi connectivity index (χ1v) is 7.79. The molecule has 126 valence electrons. The largest absolute Gasteiger partial charge is 0.508 e. The van der Waals surface area contributed by atoms with Crippen LogP contribution < -0.4 is 10.2 Å². The van der Waals surface area contributed by atoms with Gasteiger partial charge in [-0.25, -0.2) is 9.69 Å². The van der Waals surface area contributed by atoms with Crippen LogP contribution in [0.15, 0.2) is 54.1 Å². The first-order valence-electron chi connectivity index (χ1n) is 7.79. The highest BCUT2D eigenvalue weighted by Crippen LogP contribution is 2.23. The third-order valence-corrected chi connectivity index (χ3v) is 3.91. The van der Waals surface area contributed by atoms with Crippen molar-refractivity contribution in [2.75, 3.05) is 4.90 Å². The van der Waals surface area contributed by atoms with Crippen molar-refractivity contribution < 1.29 is 19.5 Å². The van der Waals surface area contributed by atoms with E-state index in [1.807, 2.05) is 19.1 Å². The molecule has 4 amide bonds. The van der Waals surface area contributed by atoms with Gasteiger partial charge in [-0.1, -0.05) is 31.2 Å². The van der Waals surface area contributed by atoms with E-state index in [1.54, 1.807) is 24.3 Å². The van der Waals surface area contributed by atoms with E-state index >= 15 is 0 Å². The molecule has 2 aromatic carbocycles. The van der Waals surface area contributed by atoms with Crippen molar-refractivity contribution in [3.05, 3.63) is 65.2 Å². The first kappa shape index (κ1) is 16.4. The SMILES string of the molecule is CCc1ccc(N2C(=O)NC(=O)C(=Cc3ccc(O)cc3)C2=O)cc1. The number of barbiturate groups is 1. The van der Waals surface area contributed by atoms with Crippen LogP contribution >= 0.6 is 0 Å². The lowest BCUT2D eigenvalue weighted by atomic mass is 10.1. The molecule has 0 unspecified atom stereocenters. The first-order chi connectivity index (χ1) is 12.0. The highest BCUT2D eigenvalue weighted by molar-refractivity contribution is 6.39. The molecule has 1 aliphatic rings. The molecule has 3 rings (SSSR count). The number of phenols is 1. The maximum atomic E-state index is 12.7. The molecule has 0 aliphatic carbocycles. The number of aromatic hydroxyl groups is 1. The van der Waals surface area contributed by atoms with Gasteiger partial charge in [0.2, 0.25) is 0 Å². The number of phenolic OH excluding ortho intramolecular Hbond substituents is 1. The maximum Gasteiger partial charge on any atom is 0.335 e. The van der Waals surface area contributed by atoms with Crippen molar-refractivity contribution in [2.45, 2.75) is 13.3 Å². The lowest BCUT2D eigenvalue weighted by Crippen LogP contribution is -2.54. The summed E-state index contributed by atoms with van der Waals surface area (Å²) < 4.78 is 0. The molecular weight excluding hydrogens is 320 g/mol. The number of nitrogens with zero attached hydrogens (tertiary/aromatic N) is 1. The summed E-state index contributed by atoms with van der Waals surface area (Å²) in [7, 11) is 0. The van der Waals surface area contributed by atoms with Gasteiger partial charge < -0.3 is 5.11 Å². The minimum Gasteiger partial charge on any atom is -0.508 e. The van der Waals surface area contributed by atoms with E-state index in [-0.39, 0.29) is 11.3 Å². The number of imide groups is 2. The molecule has 1 heterocycles. The number of aryl methyl sites for hydroxylation is 1. The van der Waals surface area contributed by atoms with Gasteiger partial charge in [0.1, 0.15) is 11.3 Å². The lowest BCUT2D eigenvalue weighted by molar-refractivity contribution is -0.122. The molecule has 25 heavy (non-hydrogen) atoms. The number of hydrogen-bond donors (Lipinski definition) is 2. The Hall–Kier alpha value is -3.41. The van der Waals surface area contributed by atoms with E-state index < -0.39 is 17.8 Å². The van der Waals surface area contributed by atoms with Crippen LogP contribution in [0.25, 0.3) is 6.08 Å². The van der Waals surface area contributed by atoms with Gasteiger partial charge in [-0.15, -0.1) is 0 Å². The highest BCUT2D eigenvalue weighted by atomic mass is 16.3. The third kappa shape index (κ3) is 3.28. The summed E-state index contributed by atoms with van der Waals surface area (Å²) in [6.45, 7) is 2.00. The molecule has 1 fully saturated rings. The van der Waals surface area contributed by atoms with Crippen LogP contribution in [0.3, 0.4) is 0 Å². The van der Waals surface area contributed by atoms with Crippen LogP contribution in [-0.2, 0) is 16.0 Å². The number of benzene rings is 2. The van der Waals surface area contributed by atoms with Crippen molar-refractivity contribution >= 4 is 29.6 Å². The normalized spacial score (nSPS) is 16.3. The Morgan fingerprint density at radius 2 is 1.64 bits per heavy atom. The molecule has 0 saturated carbocycles. The van der Waals surface area contributed by atoms with E-state index in [2.05, 4.69) is 5.32 Å². The van der Waals surface area contributed by atoms with E-state index in [0.29, 0.717) is 11.3 Å². The lowest BCUT2D eigenvalue weighted by Gasteiger charge is -2.26. The van der Waals surface area contributed by atoms with Crippen LogP contribution in [-0.4, -0.2) is 23.0 Å². The summed E-state index contributed by atoms with van der Waals surface area (Å²) in [5.74, 6) is -1.36. The predicted octanol–water partition coefficient (Wildman–Crippen LogP) is 2.62. The van der Waals surface area contributed by atoms with E-state index in [4.69, 9.17) is 0 Å². The number of rotatable bonds is 3. The monoisotopic (exact) mass is 336 g/mol. The molecule has 0 aromatic heterocycles. The summed E-state index contributed by atoms with van der Waals surface area (Å²) in [5, 5.41) is 11.5. The summed E-state index contributed by atoms with van der Waals surface area (Å²) >= 11 is 0. The summed E-state index contributed by atoms with van der Waals surface area (Å²) in [4.78, 5) is 37.8. The van der Waals surface area contributed by atoms with Gasteiger partial charge in [0.15, 0.2) is 0 Å². The van der Waals surface area contributed by atoms with E-state index in [0.717, 1.165) is 16.9 Å². The second kappa shape index (κ2) is 6.60. The Labute approximate surface area is 144 Å². The van der Waals surface area contributed by atoms with Gasteiger partial charge in [0.25, 0.3) is 11.8 Å². The van der Waals surface area contributed by atoms with Gasteiger partial charge in [-0.2, -0.15) is 0 Å². The van der Waals surface area contributed by atoms with Crippen molar-refractivity contribution in [3.63, 3.8) is 0 Å². The number of hydrogen-bond acceptors (Lipinski definition) is 4. The van der Waals surface area contributed by atoms with Crippen molar-refractivity contribution in [1.29, 1.82) is 0 Å². The molecule has 0 spiro atoms. The quantitative estimate of drug-likeness (QED) is 0.666. The Morgan fingerprint density at radius 1 is 1.00 bits per heavy atom. The van der Waals surface area contributed by atoms with Gasteiger partial charge in [-0.3, -0.25) is 14.9 Å². The molecule has 2 N–H and O–H groups in total. The number of amides is 4. The number of anilines is 1. The molecule has 0 radical (unpaired) electrons. The smallest absolute Gasteiger partial charge is 0.335 e. The molecule has 6 nitrogen and oxygen atoms in total. The van der Waals surface area contributed by atoms with Crippen LogP contribution in [0.5, 0.6) is 5.75 Å². The second-order valence-corrected chi connectivity index (χ2v) is 5.57. The minimum atomic E-state index is -0.776. The second-order valence-electron chi connectivity index (χ2n) is 5.57. The fraction of sp³-hybridized carbons (Fsp3) is 0.105. The fourth-order valence-electron chi connectivity index (χ4n) is 2.51. The summed E-state index contributed by atoms with van der Waals surface area (Å²) in [6.07, 6.45) is 2.22. The van der Waals surface area contributed by atoms with Crippen LogP contribution in [0.1, 0.15) is 18.1 Å². The van der Waals surface area contributed by atoms with E-state index in [1.165, 1.54) is 18.2 Å². The maximum absolute atomic E-state index is 12.7. The number of carbonyl (C=O) groups is 3. The third-order valence-electron chi connectivity index (χ3n) is 3.91. The molecule has 6 heteroatoms. The topological polar surface area (TPSA) is 86.7 Å². The Morgan fingerprint density at radius 3 is 2.24 bits per heavy atom. The van der Waals surface area contributed by atoms with Gasteiger partial charge in [0.05, 0.1) is 5.69 Å². The minimum absolute atomic E-state index is 0.0781. The molecular formula is C19H16N2O4. The predicted molar refractivity (Wildman–Crippen MR) is 92.9 cm³/mol. The Kier molecular flexibility index (Phi) is 4.35. The van der Waals surface area contributed by atoms with Crippen LogP contribution in [0.2, 0.25) is 0 Å². The highest BCUT2D eigenvalue weighted by Gasteiger charge is 2.36. The summed E-state index contributed by atoms with van der Waals surface area (Å²) in [6, 6.07) is 12.3. The van der Waals surface area contributed by atoms with E-state index in [9.17, 15) is 19.5 Å². The Balaban J connectivity index is 1.97. The Bertz CT molecular complexity index is 867. The van der Waals surface area contributed by atoms with Crippen LogP contribution in [0, 0.1) is 0 Å². The summed E-state index contributed by atoms with van der Waals surface area (Å²) in [5.41, 5.74) is 1.88. The standard InChI is InChI=1S/C19H16N2O4/c1-2-12-3-7-14(8-4-12)21-18(24)16(17(23)20-19(21)25)11-13-5-9-15(22)10-6-13/h3-11,22H,2H2,1H3,(H,20,23,25). The van der Waals surface area contributed by atoms with Crippen molar-refractivity contribution in [2.24, 2.45) is 0 Å². The average Bonchev–Trinajstić information content (AvgIpc) is 2.60. The molecule has 0 bridgehead atoms. The van der Waals surface area contributed by atoms with Gasteiger partial charge >= 0.3 is 6.03 Å². The number of urea groups is 1. The van der Waals surface area contributed by atoms with Gasteiger partial charge in [0, 0.05) is 0 Å². The molecule has 1 saturated heterocycles. The molecule has 2 aromatic rings. The van der Waals surface area contributed by atoms with Crippen LogP contribution in [0.4, 0.5) is 10.5 Å². The zero-order valence-electron chi connectivity index (χ0n) is 13.5. The van der Waals surface area contributed by atoms with Crippen molar-refractivity contribution in [1.82, 2.24) is 5.32 Å². The van der Waals surface area contributed by atoms with Gasteiger partial charge in [-0.05, 0) is 47.9 Å². The molecule has 0 atom stereocenters. The average molecular weight is 336 g/mol.